The molecule has 0 spiro atoms. The molecule has 6 nitrogen and oxygen atoms in total. The molecule has 0 aromatic heterocycles. The van der Waals surface area contributed by atoms with Crippen molar-refractivity contribution in [3.05, 3.63) is 22.3 Å². The molecule has 0 aromatic carbocycles. The van der Waals surface area contributed by atoms with Crippen molar-refractivity contribution in [2.45, 2.75) is 26.4 Å². The minimum atomic E-state index is -2.47. The molecule has 2 aliphatic rings. The Labute approximate surface area is 128 Å². The summed E-state index contributed by atoms with van der Waals surface area (Å²) in [6, 6.07) is 0. The van der Waals surface area contributed by atoms with Crippen molar-refractivity contribution in [3.63, 3.8) is 0 Å². The lowest BCUT2D eigenvalue weighted by molar-refractivity contribution is -0.135. The summed E-state index contributed by atoms with van der Waals surface area (Å²) in [5, 5.41) is 4.09. The standard InChI is InChI=1S/C13H14ClNO5S/c1-6-4-9(15-20-6)11-7(2)10(21(17)18)5-8(12(11)14)13(16)19-3/h5-7H,4H2,1-3H3. The number of halogens is 1. The minimum absolute atomic E-state index is 0.00807. The SMILES string of the molecule is COC(=O)C1=CC(=S(=O)=O)C(C)C(C2=NOC(C)C2)=C1Cl. The van der Waals surface area contributed by atoms with Gasteiger partial charge in [-0.1, -0.05) is 23.7 Å². The summed E-state index contributed by atoms with van der Waals surface area (Å²) in [5.41, 5.74) is 1.05. The zero-order chi connectivity index (χ0) is 15.7. The Hall–Kier alpha value is -1.60. The van der Waals surface area contributed by atoms with Gasteiger partial charge in [-0.2, -0.15) is 8.42 Å². The van der Waals surface area contributed by atoms with E-state index in [1.54, 1.807) is 6.92 Å². The highest BCUT2D eigenvalue weighted by atomic mass is 35.5. The summed E-state index contributed by atoms with van der Waals surface area (Å²) in [6.07, 6.45) is 1.63. The molecule has 114 valence electrons. The fourth-order valence-electron chi connectivity index (χ4n) is 2.30. The molecular weight excluding hydrogens is 318 g/mol. The van der Waals surface area contributed by atoms with Gasteiger partial charge in [0.2, 0.25) is 10.3 Å². The van der Waals surface area contributed by atoms with Gasteiger partial charge >= 0.3 is 5.97 Å². The molecule has 0 radical (unpaired) electrons. The molecule has 2 rings (SSSR count). The van der Waals surface area contributed by atoms with Gasteiger partial charge in [-0.15, -0.1) is 0 Å². The molecule has 2 unspecified atom stereocenters. The number of nitrogens with zero attached hydrogens (tertiary/aromatic N) is 1. The largest absolute Gasteiger partial charge is 0.465 e. The van der Waals surface area contributed by atoms with Gasteiger partial charge in [0.05, 0.1) is 28.3 Å². The van der Waals surface area contributed by atoms with E-state index < -0.39 is 22.2 Å². The third-order valence-electron chi connectivity index (χ3n) is 3.35. The molecule has 0 aromatic rings. The van der Waals surface area contributed by atoms with Crippen LogP contribution in [-0.2, 0) is 24.7 Å². The number of oxime groups is 1. The van der Waals surface area contributed by atoms with E-state index in [2.05, 4.69) is 9.89 Å². The normalized spacial score (nSPS) is 25.2. The van der Waals surface area contributed by atoms with Gasteiger partial charge in [-0.25, -0.2) is 4.79 Å². The average Bonchev–Trinajstić information content (AvgIpc) is 2.84. The fourth-order valence-corrected chi connectivity index (χ4v) is 3.32. The lowest BCUT2D eigenvalue weighted by atomic mass is 9.85. The van der Waals surface area contributed by atoms with Crippen LogP contribution in [-0.4, -0.2) is 38.2 Å². The van der Waals surface area contributed by atoms with Crippen LogP contribution in [0.15, 0.2) is 27.4 Å². The number of allylic oxidation sites excluding steroid dienone is 2. The summed E-state index contributed by atoms with van der Waals surface area (Å²) in [6.45, 7) is 3.53. The number of esters is 1. The second-order valence-corrected chi connectivity index (χ2v) is 6.11. The average molecular weight is 332 g/mol. The quantitative estimate of drug-likeness (QED) is 0.565. The summed E-state index contributed by atoms with van der Waals surface area (Å²) < 4.78 is 27.4. The van der Waals surface area contributed by atoms with Crippen LogP contribution in [0.5, 0.6) is 0 Å². The summed E-state index contributed by atoms with van der Waals surface area (Å²) in [4.78, 5) is 17.0. The Kier molecular flexibility index (Phi) is 4.53. The number of carbonyl (C=O) groups is 1. The van der Waals surface area contributed by atoms with Gasteiger partial charge in [0, 0.05) is 17.9 Å². The Morgan fingerprint density at radius 3 is 2.62 bits per heavy atom. The zero-order valence-electron chi connectivity index (χ0n) is 11.7. The van der Waals surface area contributed by atoms with Crippen LogP contribution in [0, 0.1) is 5.92 Å². The summed E-state index contributed by atoms with van der Waals surface area (Å²) in [5.74, 6) is -1.20. The number of carbonyl (C=O) groups excluding carboxylic acids is 1. The molecular formula is C13H14ClNO5S. The van der Waals surface area contributed by atoms with E-state index in [-0.39, 0.29) is 21.6 Å². The summed E-state index contributed by atoms with van der Waals surface area (Å²) >= 11 is 6.27. The monoisotopic (exact) mass is 331 g/mol. The van der Waals surface area contributed by atoms with Crippen LogP contribution in [0.3, 0.4) is 0 Å². The zero-order valence-corrected chi connectivity index (χ0v) is 13.3. The molecule has 21 heavy (non-hydrogen) atoms. The Bertz CT molecular complexity index is 709. The van der Waals surface area contributed by atoms with Crippen molar-refractivity contribution in [3.8, 4) is 0 Å². The Morgan fingerprint density at radius 1 is 1.48 bits per heavy atom. The molecule has 1 aliphatic heterocycles. The molecule has 1 aliphatic carbocycles. The van der Waals surface area contributed by atoms with Crippen molar-refractivity contribution in [1.29, 1.82) is 0 Å². The molecule has 0 fully saturated rings. The van der Waals surface area contributed by atoms with Crippen molar-refractivity contribution in [2.24, 2.45) is 11.1 Å². The Morgan fingerprint density at radius 2 is 2.14 bits per heavy atom. The smallest absolute Gasteiger partial charge is 0.339 e. The van der Waals surface area contributed by atoms with Crippen molar-refractivity contribution in [2.75, 3.05) is 7.11 Å². The van der Waals surface area contributed by atoms with Gasteiger partial charge in [0.1, 0.15) is 6.10 Å². The first-order chi connectivity index (χ1) is 9.86. The molecule has 8 heteroatoms. The highest BCUT2D eigenvalue weighted by Crippen LogP contribution is 2.35. The van der Waals surface area contributed by atoms with Gasteiger partial charge in [0.25, 0.3) is 0 Å². The lowest BCUT2D eigenvalue weighted by Gasteiger charge is -2.22. The second-order valence-electron chi connectivity index (χ2n) is 4.79. The van der Waals surface area contributed by atoms with Crippen LogP contribution in [0.4, 0.5) is 0 Å². The highest BCUT2D eigenvalue weighted by Gasteiger charge is 2.34. The van der Waals surface area contributed by atoms with Crippen molar-refractivity contribution < 1.29 is 22.8 Å². The number of ether oxygens (including phenoxy) is 1. The molecule has 0 N–H and O–H groups in total. The topological polar surface area (TPSA) is 82.0 Å². The third kappa shape index (κ3) is 2.89. The molecule has 0 saturated carbocycles. The number of rotatable bonds is 2. The fraction of sp³-hybridized carbons (Fsp3) is 0.462. The minimum Gasteiger partial charge on any atom is -0.465 e. The third-order valence-corrected chi connectivity index (χ3v) is 4.62. The molecule has 2 atom stereocenters. The first kappa shape index (κ1) is 15.8. The van der Waals surface area contributed by atoms with Crippen LogP contribution >= 0.6 is 11.6 Å². The van der Waals surface area contributed by atoms with Crippen LogP contribution < -0.4 is 0 Å². The molecule has 0 bridgehead atoms. The van der Waals surface area contributed by atoms with E-state index in [1.807, 2.05) is 6.92 Å². The molecule has 0 saturated heterocycles. The van der Waals surface area contributed by atoms with Crippen molar-refractivity contribution >= 4 is 38.4 Å². The summed E-state index contributed by atoms with van der Waals surface area (Å²) in [7, 11) is -1.27. The van der Waals surface area contributed by atoms with E-state index in [4.69, 9.17) is 16.4 Å². The van der Waals surface area contributed by atoms with Gasteiger partial charge in [-0.05, 0) is 13.0 Å². The lowest BCUT2D eigenvalue weighted by Crippen LogP contribution is -2.26. The maximum absolute atomic E-state index is 11.8. The van der Waals surface area contributed by atoms with Crippen LogP contribution in [0.1, 0.15) is 20.3 Å². The first-order valence-corrected chi connectivity index (χ1v) is 7.71. The highest BCUT2D eigenvalue weighted by molar-refractivity contribution is 7.73. The maximum atomic E-state index is 11.8. The molecule has 1 heterocycles. The van der Waals surface area contributed by atoms with E-state index in [0.29, 0.717) is 17.7 Å². The van der Waals surface area contributed by atoms with Crippen molar-refractivity contribution in [1.82, 2.24) is 0 Å². The number of hydrogen-bond acceptors (Lipinski definition) is 6. The molecule has 0 amide bonds. The predicted molar refractivity (Wildman–Crippen MR) is 78.7 cm³/mol. The first-order valence-electron chi connectivity index (χ1n) is 6.26. The van der Waals surface area contributed by atoms with E-state index in [1.165, 1.54) is 13.2 Å². The van der Waals surface area contributed by atoms with Gasteiger partial charge in [-0.3, -0.25) is 0 Å². The van der Waals surface area contributed by atoms with E-state index >= 15 is 0 Å². The second kappa shape index (κ2) is 6.03. The number of methoxy groups -OCH3 is 1. The Balaban J connectivity index is 2.62. The van der Waals surface area contributed by atoms with Gasteiger partial charge < -0.3 is 9.57 Å². The predicted octanol–water partition coefficient (Wildman–Crippen LogP) is 1.44. The maximum Gasteiger partial charge on any atom is 0.339 e. The van der Waals surface area contributed by atoms with Gasteiger partial charge in [0.15, 0.2) is 0 Å². The van der Waals surface area contributed by atoms with E-state index in [9.17, 15) is 13.2 Å². The number of hydrogen-bond donors (Lipinski definition) is 0. The van der Waals surface area contributed by atoms with Crippen LogP contribution in [0.2, 0.25) is 0 Å². The van der Waals surface area contributed by atoms with E-state index in [0.717, 1.165) is 0 Å². The van der Waals surface area contributed by atoms with Crippen LogP contribution in [0.25, 0.3) is 0 Å².